The molecular weight excluding hydrogens is 154 g/mol. The van der Waals surface area contributed by atoms with Crippen molar-refractivity contribution in [2.75, 3.05) is 13.2 Å². The molecule has 0 heterocycles. The minimum Gasteiger partial charge on any atom is -0.369 e. The molecule has 0 aromatic heterocycles. The van der Waals surface area contributed by atoms with E-state index < -0.39 is 0 Å². The summed E-state index contributed by atoms with van der Waals surface area (Å²) in [7, 11) is 0. The van der Waals surface area contributed by atoms with Crippen molar-refractivity contribution in [2.45, 2.75) is 13.8 Å². The molecule has 0 saturated carbocycles. The standard InChI is InChI=1S/C5H11NOS2/c1-3-6-5(8)9-7-4-2/h3-4H2,1-2H3,(H,6,8). The van der Waals surface area contributed by atoms with Crippen LogP contribution >= 0.6 is 24.3 Å². The second kappa shape index (κ2) is 6.32. The Hall–Kier alpha value is 0.200. The largest absolute Gasteiger partial charge is 0.369 e. The lowest BCUT2D eigenvalue weighted by Gasteiger charge is -2.01. The summed E-state index contributed by atoms with van der Waals surface area (Å²) in [5.74, 6) is 0. The van der Waals surface area contributed by atoms with Gasteiger partial charge in [0.2, 0.25) is 0 Å². The molecule has 0 aliphatic rings. The third-order valence-corrected chi connectivity index (χ3v) is 1.57. The van der Waals surface area contributed by atoms with Crippen molar-refractivity contribution in [3.63, 3.8) is 0 Å². The molecule has 0 saturated heterocycles. The lowest BCUT2D eigenvalue weighted by Crippen LogP contribution is -2.17. The van der Waals surface area contributed by atoms with Crippen molar-refractivity contribution in [3.05, 3.63) is 0 Å². The topological polar surface area (TPSA) is 21.3 Å². The van der Waals surface area contributed by atoms with Gasteiger partial charge in [-0.15, -0.1) is 0 Å². The first kappa shape index (κ1) is 9.20. The Kier molecular flexibility index (Phi) is 6.46. The van der Waals surface area contributed by atoms with E-state index in [2.05, 4.69) is 5.32 Å². The number of hydrogen-bond acceptors (Lipinski definition) is 3. The minimum absolute atomic E-state index is 0.691. The molecule has 0 bridgehead atoms. The van der Waals surface area contributed by atoms with E-state index in [-0.39, 0.29) is 0 Å². The average Bonchev–Trinajstić information content (AvgIpc) is 1.85. The van der Waals surface area contributed by atoms with Crippen molar-refractivity contribution in [2.24, 2.45) is 0 Å². The molecule has 0 rings (SSSR count). The Balaban J connectivity index is 3.06. The summed E-state index contributed by atoms with van der Waals surface area (Å²) >= 11 is 6.07. The molecule has 0 aliphatic heterocycles. The van der Waals surface area contributed by atoms with Crippen LogP contribution in [0.1, 0.15) is 13.8 Å². The lowest BCUT2D eigenvalue weighted by atomic mass is 10.8. The molecule has 0 amide bonds. The molecule has 0 unspecified atom stereocenters. The Morgan fingerprint density at radius 2 is 2.33 bits per heavy atom. The van der Waals surface area contributed by atoms with E-state index in [9.17, 15) is 0 Å². The van der Waals surface area contributed by atoms with E-state index in [1.165, 1.54) is 12.0 Å². The van der Waals surface area contributed by atoms with E-state index in [0.717, 1.165) is 6.54 Å². The predicted molar refractivity (Wildman–Crippen MR) is 45.5 cm³/mol. The predicted octanol–water partition coefficient (Wildman–Crippen LogP) is 1.57. The molecule has 0 aromatic rings. The van der Waals surface area contributed by atoms with E-state index in [0.29, 0.717) is 10.9 Å². The maximum absolute atomic E-state index is 4.96. The van der Waals surface area contributed by atoms with Gasteiger partial charge in [0.1, 0.15) is 0 Å². The highest BCUT2D eigenvalue weighted by molar-refractivity contribution is 8.19. The third-order valence-electron chi connectivity index (χ3n) is 0.574. The first-order chi connectivity index (χ1) is 4.31. The zero-order valence-electron chi connectivity index (χ0n) is 5.64. The van der Waals surface area contributed by atoms with Gasteiger partial charge >= 0.3 is 0 Å². The number of nitrogens with one attached hydrogen (secondary N) is 1. The monoisotopic (exact) mass is 165 g/mol. The zero-order valence-corrected chi connectivity index (χ0v) is 7.27. The van der Waals surface area contributed by atoms with E-state index in [4.69, 9.17) is 16.4 Å². The quantitative estimate of drug-likeness (QED) is 0.506. The first-order valence-corrected chi connectivity index (χ1v) is 4.03. The average molecular weight is 165 g/mol. The summed E-state index contributed by atoms with van der Waals surface area (Å²) in [6, 6.07) is 0. The molecular formula is C5H11NOS2. The van der Waals surface area contributed by atoms with Crippen LogP contribution < -0.4 is 5.32 Å². The summed E-state index contributed by atoms with van der Waals surface area (Å²) in [6.07, 6.45) is 0. The van der Waals surface area contributed by atoms with Crippen LogP contribution in [0, 0.1) is 0 Å². The summed E-state index contributed by atoms with van der Waals surface area (Å²) in [5, 5.41) is 2.95. The highest BCUT2D eigenvalue weighted by Gasteiger charge is 1.91. The molecule has 1 N–H and O–H groups in total. The van der Waals surface area contributed by atoms with Crippen LogP contribution in [0.4, 0.5) is 0 Å². The van der Waals surface area contributed by atoms with Gasteiger partial charge in [-0.3, -0.25) is 0 Å². The molecule has 0 aliphatic carbocycles. The Morgan fingerprint density at radius 1 is 1.67 bits per heavy atom. The third kappa shape index (κ3) is 6.08. The summed E-state index contributed by atoms with van der Waals surface area (Å²) in [5.41, 5.74) is 0. The number of thiocarbonyl (C=S) groups is 1. The van der Waals surface area contributed by atoms with Gasteiger partial charge in [0.05, 0.1) is 18.6 Å². The molecule has 54 valence electrons. The van der Waals surface area contributed by atoms with Gasteiger partial charge < -0.3 is 9.50 Å². The second-order valence-corrected chi connectivity index (χ2v) is 2.78. The van der Waals surface area contributed by atoms with Crippen LogP contribution in [0.5, 0.6) is 0 Å². The van der Waals surface area contributed by atoms with Crippen LogP contribution in [0.2, 0.25) is 0 Å². The SMILES string of the molecule is CCNC(=S)SOCC. The summed E-state index contributed by atoms with van der Waals surface area (Å²) < 4.78 is 5.67. The molecule has 9 heavy (non-hydrogen) atoms. The number of rotatable bonds is 3. The smallest absolute Gasteiger partial charge is 0.161 e. The van der Waals surface area contributed by atoms with Crippen molar-refractivity contribution in [3.8, 4) is 0 Å². The zero-order chi connectivity index (χ0) is 7.11. The maximum Gasteiger partial charge on any atom is 0.161 e. The summed E-state index contributed by atoms with van der Waals surface area (Å²) in [4.78, 5) is 0. The van der Waals surface area contributed by atoms with E-state index in [1.54, 1.807) is 0 Å². The Morgan fingerprint density at radius 3 is 2.78 bits per heavy atom. The number of hydrogen-bond donors (Lipinski definition) is 1. The fourth-order valence-corrected chi connectivity index (χ4v) is 1.00. The van der Waals surface area contributed by atoms with Gasteiger partial charge in [-0.25, -0.2) is 0 Å². The molecule has 0 aromatic carbocycles. The van der Waals surface area contributed by atoms with Gasteiger partial charge in [0.15, 0.2) is 4.32 Å². The Labute approximate surface area is 65.6 Å². The fraction of sp³-hybridized carbons (Fsp3) is 0.800. The highest BCUT2D eigenvalue weighted by atomic mass is 32.2. The van der Waals surface area contributed by atoms with E-state index in [1.807, 2.05) is 13.8 Å². The van der Waals surface area contributed by atoms with Crippen molar-refractivity contribution in [1.82, 2.24) is 5.32 Å². The molecule has 4 heteroatoms. The normalized spacial score (nSPS) is 9.11. The van der Waals surface area contributed by atoms with Crippen LogP contribution in [0.3, 0.4) is 0 Å². The van der Waals surface area contributed by atoms with E-state index >= 15 is 0 Å². The highest BCUT2D eigenvalue weighted by Crippen LogP contribution is 2.01. The molecule has 2 nitrogen and oxygen atoms in total. The summed E-state index contributed by atoms with van der Waals surface area (Å²) in [6.45, 7) is 5.48. The van der Waals surface area contributed by atoms with Crippen LogP contribution in [-0.2, 0) is 4.18 Å². The molecule has 0 spiro atoms. The molecule has 0 fully saturated rings. The van der Waals surface area contributed by atoms with Gasteiger partial charge in [-0.1, -0.05) is 12.2 Å². The van der Waals surface area contributed by atoms with Gasteiger partial charge in [-0.05, 0) is 13.8 Å². The van der Waals surface area contributed by atoms with Crippen LogP contribution in [0.25, 0.3) is 0 Å². The van der Waals surface area contributed by atoms with Gasteiger partial charge in [-0.2, -0.15) is 0 Å². The maximum atomic E-state index is 4.96. The molecule has 0 atom stereocenters. The van der Waals surface area contributed by atoms with Crippen LogP contribution in [0.15, 0.2) is 0 Å². The Bertz CT molecular complexity index is 87.0. The molecule has 0 radical (unpaired) electrons. The van der Waals surface area contributed by atoms with Crippen molar-refractivity contribution < 1.29 is 4.18 Å². The first-order valence-electron chi connectivity index (χ1n) is 2.88. The van der Waals surface area contributed by atoms with Crippen molar-refractivity contribution in [1.29, 1.82) is 0 Å². The fourth-order valence-electron chi connectivity index (χ4n) is 0.286. The second-order valence-electron chi connectivity index (χ2n) is 1.31. The van der Waals surface area contributed by atoms with Crippen molar-refractivity contribution >= 4 is 28.6 Å². The minimum atomic E-state index is 0.691. The van der Waals surface area contributed by atoms with Crippen LogP contribution in [-0.4, -0.2) is 17.5 Å². The van der Waals surface area contributed by atoms with Gasteiger partial charge in [0.25, 0.3) is 0 Å². The lowest BCUT2D eigenvalue weighted by molar-refractivity contribution is 0.406. The van der Waals surface area contributed by atoms with Gasteiger partial charge in [0, 0.05) is 6.54 Å².